The topological polar surface area (TPSA) is 96.3 Å². The van der Waals surface area contributed by atoms with Crippen molar-refractivity contribution in [3.05, 3.63) is 58.9 Å². The molecular weight excluding hydrogens is 437 g/mol. The van der Waals surface area contributed by atoms with Gasteiger partial charge in [-0.15, -0.1) is 10.2 Å². The minimum Gasteiger partial charge on any atom is -0.338 e. The number of carbonyl (C=O) groups excluding carboxylic acids is 2. The second-order valence-corrected chi connectivity index (χ2v) is 8.58. The van der Waals surface area contributed by atoms with Crippen molar-refractivity contribution in [3.8, 4) is 11.4 Å². The molecule has 0 aliphatic carbocycles. The number of amides is 2. The molecule has 1 fully saturated rings. The number of hydrogen-bond donors (Lipinski definition) is 1. The molecule has 178 valence electrons. The van der Waals surface area contributed by atoms with Crippen molar-refractivity contribution in [2.24, 2.45) is 0 Å². The fourth-order valence-electron chi connectivity index (χ4n) is 3.98. The summed E-state index contributed by atoms with van der Waals surface area (Å²) >= 11 is 0. The molecule has 2 heterocycles. The Morgan fingerprint density at radius 2 is 1.68 bits per heavy atom. The minimum absolute atomic E-state index is 0.0276. The van der Waals surface area contributed by atoms with Crippen molar-refractivity contribution in [1.29, 1.82) is 0 Å². The molecule has 2 amide bonds. The van der Waals surface area contributed by atoms with Crippen molar-refractivity contribution in [3.63, 3.8) is 0 Å². The van der Waals surface area contributed by atoms with Crippen LogP contribution in [0.3, 0.4) is 0 Å². The monoisotopic (exact) mass is 465 g/mol. The first kappa shape index (κ1) is 23.5. The van der Waals surface area contributed by atoms with E-state index >= 15 is 0 Å². The van der Waals surface area contributed by atoms with Crippen LogP contribution in [0.25, 0.3) is 11.4 Å². The van der Waals surface area contributed by atoms with Crippen LogP contribution in [0.15, 0.2) is 36.4 Å². The lowest BCUT2D eigenvalue weighted by Gasteiger charge is -2.34. The molecule has 1 aliphatic rings. The Balaban J connectivity index is 1.26. The van der Waals surface area contributed by atoms with Crippen LogP contribution in [0, 0.1) is 26.6 Å². The van der Waals surface area contributed by atoms with Gasteiger partial charge in [0.25, 0.3) is 0 Å². The fraction of sp³-hybridized carbons (Fsp3) is 0.375. The van der Waals surface area contributed by atoms with Gasteiger partial charge in [0, 0.05) is 37.4 Å². The Hall–Kier alpha value is -3.66. The molecule has 2 aromatic carbocycles. The van der Waals surface area contributed by atoms with Gasteiger partial charge < -0.3 is 10.2 Å². The van der Waals surface area contributed by atoms with E-state index in [0.717, 1.165) is 16.8 Å². The fourth-order valence-corrected chi connectivity index (χ4v) is 3.98. The molecule has 1 aliphatic heterocycles. The predicted molar refractivity (Wildman–Crippen MR) is 126 cm³/mol. The number of para-hydroxylation sites is 1. The van der Waals surface area contributed by atoms with Gasteiger partial charge in [0.1, 0.15) is 12.4 Å². The summed E-state index contributed by atoms with van der Waals surface area (Å²) in [5.41, 5.74) is 4.05. The van der Waals surface area contributed by atoms with Crippen LogP contribution in [-0.2, 0) is 16.1 Å². The van der Waals surface area contributed by atoms with Crippen LogP contribution in [0.1, 0.15) is 16.7 Å². The van der Waals surface area contributed by atoms with Gasteiger partial charge in [-0.3, -0.25) is 14.5 Å². The number of tetrazole rings is 1. The van der Waals surface area contributed by atoms with Crippen LogP contribution in [-0.4, -0.2) is 74.5 Å². The average Bonchev–Trinajstić information content (AvgIpc) is 3.27. The van der Waals surface area contributed by atoms with Gasteiger partial charge >= 0.3 is 0 Å². The van der Waals surface area contributed by atoms with Crippen LogP contribution in [0.5, 0.6) is 0 Å². The number of benzene rings is 2. The number of piperazine rings is 1. The molecule has 3 aromatic rings. The lowest BCUT2D eigenvalue weighted by atomic mass is 10.1. The van der Waals surface area contributed by atoms with Gasteiger partial charge in [0.15, 0.2) is 0 Å². The lowest BCUT2D eigenvalue weighted by molar-refractivity contribution is -0.134. The number of carbonyl (C=O) groups is 2. The zero-order valence-corrected chi connectivity index (χ0v) is 19.6. The van der Waals surface area contributed by atoms with E-state index in [4.69, 9.17) is 0 Å². The quantitative estimate of drug-likeness (QED) is 0.600. The normalized spacial score (nSPS) is 14.3. The largest absolute Gasteiger partial charge is 0.338 e. The first-order chi connectivity index (χ1) is 16.3. The van der Waals surface area contributed by atoms with Gasteiger partial charge in [-0.05, 0) is 60.9 Å². The van der Waals surface area contributed by atoms with E-state index in [0.29, 0.717) is 43.1 Å². The van der Waals surface area contributed by atoms with Gasteiger partial charge in [-0.2, -0.15) is 4.80 Å². The number of rotatable bonds is 6. The first-order valence-electron chi connectivity index (χ1n) is 11.2. The Bertz CT molecular complexity index is 1180. The molecule has 9 nitrogen and oxygen atoms in total. The van der Waals surface area contributed by atoms with Gasteiger partial charge in [0.05, 0.1) is 6.54 Å². The summed E-state index contributed by atoms with van der Waals surface area (Å²) < 4.78 is 13.5. The van der Waals surface area contributed by atoms with E-state index < -0.39 is 0 Å². The molecule has 0 atom stereocenters. The highest BCUT2D eigenvalue weighted by Crippen LogP contribution is 2.20. The molecule has 1 N–H and O–H groups in total. The van der Waals surface area contributed by atoms with Crippen LogP contribution >= 0.6 is 0 Å². The Labute approximate surface area is 197 Å². The summed E-state index contributed by atoms with van der Waals surface area (Å²) in [6.45, 7) is 8.12. The predicted octanol–water partition coefficient (Wildman–Crippen LogP) is 2.19. The first-order valence-corrected chi connectivity index (χ1v) is 11.2. The van der Waals surface area contributed by atoms with Crippen LogP contribution in [0.2, 0.25) is 0 Å². The summed E-state index contributed by atoms with van der Waals surface area (Å²) in [6.07, 6.45) is 0. The van der Waals surface area contributed by atoms with E-state index in [1.807, 2.05) is 36.9 Å². The third-order valence-corrected chi connectivity index (χ3v) is 5.98. The average molecular weight is 466 g/mol. The second-order valence-electron chi connectivity index (χ2n) is 8.58. The minimum atomic E-state index is -0.298. The summed E-state index contributed by atoms with van der Waals surface area (Å²) in [5, 5.41) is 15.2. The summed E-state index contributed by atoms with van der Waals surface area (Å²) in [6, 6.07) is 10.5. The van der Waals surface area contributed by atoms with Crippen molar-refractivity contribution in [1.82, 2.24) is 30.0 Å². The number of nitrogens with one attached hydrogen (secondary N) is 1. The second kappa shape index (κ2) is 10.1. The third-order valence-electron chi connectivity index (χ3n) is 5.98. The molecule has 1 aromatic heterocycles. The van der Waals surface area contributed by atoms with E-state index in [1.165, 1.54) is 10.9 Å². The van der Waals surface area contributed by atoms with Crippen molar-refractivity contribution in [2.75, 3.05) is 38.0 Å². The summed E-state index contributed by atoms with van der Waals surface area (Å²) in [4.78, 5) is 30.3. The van der Waals surface area contributed by atoms with E-state index in [-0.39, 0.29) is 30.7 Å². The highest BCUT2D eigenvalue weighted by molar-refractivity contribution is 5.93. The van der Waals surface area contributed by atoms with Crippen molar-refractivity contribution in [2.45, 2.75) is 27.3 Å². The number of aryl methyl sites for hydroxylation is 3. The lowest BCUT2D eigenvalue weighted by Crippen LogP contribution is -2.51. The van der Waals surface area contributed by atoms with E-state index in [9.17, 15) is 14.0 Å². The molecule has 0 spiro atoms. The molecule has 0 saturated carbocycles. The number of anilines is 1. The molecule has 10 heteroatoms. The molecular formula is C24H28FN7O2. The number of aromatic nitrogens is 4. The maximum Gasteiger partial charge on any atom is 0.246 e. The molecule has 34 heavy (non-hydrogen) atoms. The Kier molecular flexibility index (Phi) is 6.97. The van der Waals surface area contributed by atoms with E-state index in [2.05, 4.69) is 20.7 Å². The summed E-state index contributed by atoms with van der Waals surface area (Å²) in [5.74, 6) is -0.129. The van der Waals surface area contributed by atoms with Gasteiger partial charge in [-0.25, -0.2) is 4.39 Å². The number of hydrogen-bond acceptors (Lipinski definition) is 6. The van der Waals surface area contributed by atoms with Crippen molar-refractivity contribution < 1.29 is 14.0 Å². The number of nitrogens with zero attached hydrogens (tertiary/aromatic N) is 6. The maximum atomic E-state index is 13.5. The standard InChI is InChI=1S/C24H28FN7O2/c1-16-5-4-6-17(2)23(16)26-21(33)14-30-9-11-31(12-10-30)22(34)15-32-28-24(27-29-32)19-7-8-20(25)18(3)13-19/h4-8,13H,9-12,14-15H2,1-3H3,(H,26,33). The van der Waals surface area contributed by atoms with Crippen LogP contribution < -0.4 is 5.32 Å². The number of halogens is 1. The molecule has 4 rings (SSSR count). The third kappa shape index (κ3) is 5.45. The molecule has 0 bridgehead atoms. The Morgan fingerprint density at radius 3 is 2.35 bits per heavy atom. The maximum absolute atomic E-state index is 13.5. The smallest absolute Gasteiger partial charge is 0.246 e. The highest BCUT2D eigenvalue weighted by atomic mass is 19.1. The van der Waals surface area contributed by atoms with Gasteiger partial charge in [0.2, 0.25) is 17.6 Å². The molecule has 0 radical (unpaired) electrons. The van der Waals surface area contributed by atoms with Crippen LogP contribution in [0.4, 0.5) is 10.1 Å². The Morgan fingerprint density at radius 1 is 0.971 bits per heavy atom. The zero-order chi connectivity index (χ0) is 24.2. The van der Waals surface area contributed by atoms with Gasteiger partial charge in [-0.1, -0.05) is 18.2 Å². The SMILES string of the molecule is Cc1cc(-c2nnn(CC(=O)N3CCN(CC(=O)Nc4c(C)cccc4C)CC3)n2)ccc1F. The zero-order valence-electron chi connectivity index (χ0n) is 19.6. The molecule has 1 saturated heterocycles. The van der Waals surface area contributed by atoms with Crippen molar-refractivity contribution >= 4 is 17.5 Å². The highest BCUT2D eigenvalue weighted by Gasteiger charge is 2.23. The molecule has 0 unspecified atom stereocenters. The van der Waals surface area contributed by atoms with E-state index in [1.54, 1.807) is 24.0 Å². The summed E-state index contributed by atoms with van der Waals surface area (Å²) in [7, 11) is 0.